The van der Waals surface area contributed by atoms with E-state index < -0.39 is 11.8 Å². The Morgan fingerprint density at radius 1 is 0.889 bits per heavy atom. The summed E-state index contributed by atoms with van der Waals surface area (Å²) in [6, 6.07) is 12.2. The van der Waals surface area contributed by atoms with Crippen molar-refractivity contribution >= 4 is 40.6 Å². The molecule has 1 aliphatic heterocycles. The Morgan fingerprint density at radius 3 is 2.19 bits per heavy atom. The summed E-state index contributed by atoms with van der Waals surface area (Å²) in [5, 5.41) is 0.538. The molecule has 3 rings (SSSR count). The van der Waals surface area contributed by atoms with E-state index in [1.807, 2.05) is 12.1 Å². The molecule has 0 saturated carbocycles. The highest BCUT2D eigenvalue weighted by molar-refractivity contribution is 6.55. The third-order valence-corrected chi connectivity index (χ3v) is 4.92. The van der Waals surface area contributed by atoms with Gasteiger partial charge in [0.15, 0.2) is 11.5 Å². The fraction of sp³-hybridized carbons (Fsp3) is 0.200. The molecule has 2 aromatic carbocycles. The van der Waals surface area contributed by atoms with Crippen molar-refractivity contribution in [3.05, 3.63) is 63.6 Å². The molecule has 2 aromatic rings. The second-order valence-electron chi connectivity index (χ2n) is 5.90. The van der Waals surface area contributed by atoms with Crippen LogP contribution < -0.4 is 9.47 Å². The molecule has 27 heavy (non-hydrogen) atoms. The van der Waals surface area contributed by atoms with Crippen LogP contribution in [0.1, 0.15) is 11.1 Å². The van der Waals surface area contributed by atoms with E-state index in [1.165, 1.54) is 14.2 Å². The van der Waals surface area contributed by atoms with Crippen LogP contribution in [-0.4, -0.2) is 37.5 Å². The number of methoxy groups -OCH3 is 2. The molecular formula is C20H17Cl2NO4. The average Bonchev–Trinajstić information content (AvgIpc) is 2.89. The lowest BCUT2D eigenvalue weighted by molar-refractivity contribution is -0.136. The highest BCUT2D eigenvalue weighted by Gasteiger charge is 2.38. The Bertz CT molecular complexity index is 922. The molecule has 0 unspecified atom stereocenters. The first-order valence-electron chi connectivity index (χ1n) is 8.19. The molecule has 0 fully saturated rings. The number of ether oxygens (including phenoxy) is 2. The Morgan fingerprint density at radius 2 is 1.56 bits per heavy atom. The van der Waals surface area contributed by atoms with Crippen LogP contribution in [0.25, 0.3) is 5.57 Å². The smallest absolute Gasteiger partial charge is 0.273 e. The van der Waals surface area contributed by atoms with Gasteiger partial charge in [-0.1, -0.05) is 41.4 Å². The summed E-state index contributed by atoms with van der Waals surface area (Å²) in [4.78, 5) is 26.5. The second kappa shape index (κ2) is 8.03. The van der Waals surface area contributed by atoms with Crippen molar-refractivity contribution in [3.63, 3.8) is 0 Å². The van der Waals surface area contributed by atoms with Crippen molar-refractivity contribution in [1.82, 2.24) is 4.90 Å². The summed E-state index contributed by atoms with van der Waals surface area (Å²) in [6.45, 7) is 0.228. The minimum atomic E-state index is -0.500. The lowest BCUT2D eigenvalue weighted by atomic mass is 10.1. The maximum absolute atomic E-state index is 12.8. The zero-order chi connectivity index (χ0) is 19.6. The third-order valence-electron chi connectivity index (χ3n) is 4.32. The summed E-state index contributed by atoms with van der Waals surface area (Å²) in [5.41, 5.74) is 1.64. The summed E-state index contributed by atoms with van der Waals surface area (Å²) in [7, 11) is 3.02. The highest BCUT2D eigenvalue weighted by Crippen LogP contribution is 2.36. The largest absolute Gasteiger partial charge is 0.493 e. The Kier molecular flexibility index (Phi) is 5.73. The van der Waals surface area contributed by atoms with Crippen LogP contribution in [0.4, 0.5) is 0 Å². The van der Waals surface area contributed by atoms with Crippen molar-refractivity contribution in [2.75, 3.05) is 20.8 Å². The zero-order valence-electron chi connectivity index (χ0n) is 14.8. The van der Waals surface area contributed by atoms with E-state index in [9.17, 15) is 9.59 Å². The van der Waals surface area contributed by atoms with Crippen molar-refractivity contribution in [3.8, 4) is 11.5 Å². The van der Waals surface area contributed by atoms with E-state index in [2.05, 4.69) is 0 Å². The molecule has 0 aliphatic carbocycles. The first-order chi connectivity index (χ1) is 13.0. The van der Waals surface area contributed by atoms with Gasteiger partial charge in [0.2, 0.25) is 0 Å². The van der Waals surface area contributed by atoms with Crippen molar-refractivity contribution in [2.24, 2.45) is 0 Å². The second-order valence-corrected chi connectivity index (χ2v) is 6.71. The molecular weight excluding hydrogens is 389 g/mol. The number of amides is 2. The number of hydrogen-bond donors (Lipinski definition) is 0. The number of carbonyl (C=O) groups is 2. The predicted molar refractivity (Wildman–Crippen MR) is 104 cm³/mol. The van der Waals surface area contributed by atoms with Crippen LogP contribution in [0.15, 0.2) is 47.5 Å². The van der Waals surface area contributed by atoms with Gasteiger partial charge in [-0.25, -0.2) is 0 Å². The fourth-order valence-electron chi connectivity index (χ4n) is 2.88. The first-order valence-corrected chi connectivity index (χ1v) is 8.94. The zero-order valence-corrected chi connectivity index (χ0v) is 16.3. The molecule has 0 spiro atoms. The molecule has 140 valence electrons. The van der Waals surface area contributed by atoms with Crippen molar-refractivity contribution in [2.45, 2.75) is 6.42 Å². The summed E-state index contributed by atoms with van der Waals surface area (Å²) >= 11 is 12.1. The molecule has 0 atom stereocenters. The normalized spacial score (nSPS) is 14.1. The van der Waals surface area contributed by atoms with Gasteiger partial charge in [0.25, 0.3) is 11.8 Å². The molecule has 0 N–H and O–H groups in total. The molecule has 5 nitrogen and oxygen atoms in total. The number of imide groups is 1. The Labute approximate surface area is 167 Å². The summed E-state index contributed by atoms with van der Waals surface area (Å²) in [6.07, 6.45) is 0.512. The Hall–Kier alpha value is -2.50. The topological polar surface area (TPSA) is 55.8 Å². The van der Waals surface area contributed by atoms with Crippen LogP contribution in [0.2, 0.25) is 5.02 Å². The van der Waals surface area contributed by atoms with E-state index in [0.29, 0.717) is 28.5 Å². The van der Waals surface area contributed by atoms with Crippen molar-refractivity contribution in [1.29, 1.82) is 0 Å². The number of hydrogen-bond acceptors (Lipinski definition) is 4. The lowest BCUT2D eigenvalue weighted by Gasteiger charge is -2.15. The molecule has 1 aliphatic rings. The maximum atomic E-state index is 12.8. The Balaban J connectivity index is 1.82. The summed E-state index contributed by atoms with van der Waals surface area (Å²) in [5.74, 6) is 0.0489. The van der Waals surface area contributed by atoms with Crippen LogP contribution >= 0.6 is 23.2 Å². The van der Waals surface area contributed by atoms with Crippen LogP contribution in [0, 0.1) is 0 Å². The van der Waals surface area contributed by atoms with Gasteiger partial charge in [-0.3, -0.25) is 14.5 Å². The van der Waals surface area contributed by atoms with Gasteiger partial charge in [-0.05, 0) is 41.8 Å². The quantitative estimate of drug-likeness (QED) is 0.683. The molecule has 0 radical (unpaired) electrons. The minimum absolute atomic E-state index is 0.0941. The van der Waals surface area contributed by atoms with Gasteiger partial charge < -0.3 is 9.47 Å². The molecule has 1 heterocycles. The maximum Gasteiger partial charge on any atom is 0.273 e. The molecule has 0 bridgehead atoms. The van der Waals surface area contributed by atoms with Gasteiger partial charge in [0.05, 0.1) is 19.8 Å². The predicted octanol–water partition coefficient (Wildman–Crippen LogP) is 3.92. The van der Waals surface area contributed by atoms with Crippen LogP contribution in [0.3, 0.4) is 0 Å². The molecule has 0 aromatic heterocycles. The van der Waals surface area contributed by atoms with Gasteiger partial charge in [-0.2, -0.15) is 0 Å². The molecule has 7 heteroatoms. The summed E-state index contributed by atoms with van der Waals surface area (Å²) < 4.78 is 10.5. The first kappa shape index (κ1) is 19.3. The number of rotatable bonds is 6. The number of halogens is 2. The third kappa shape index (κ3) is 3.80. The SMILES string of the molecule is COc1ccc(C2=C(Cl)C(=O)N(CCc3ccc(Cl)cc3)C2=O)cc1OC. The standard InChI is InChI=1S/C20H17Cl2NO4/c1-26-15-8-5-13(11-16(15)27-2)17-18(22)20(25)23(19(17)24)10-9-12-3-6-14(21)7-4-12/h3-8,11H,9-10H2,1-2H3. The van der Waals surface area contributed by atoms with E-state index >= 15 is 0 Å². The lowest BCUT2D eigenvalue weighted by Crippen LogP contribution is -2.33. The minimum Gasteiger partial charge on any atom is -0.493 e. The number of nitrogens with zero attached hydrogens (tertiary/aromatic N) is 1. The van der Waals surface area contributed by atoms with Crippen LogP contribution in [-0.2, 0) is 16.0 Å². The number of benzene rings is 2. The van der Waals surface area contributed by atoms with Gasteiger partial charge >= 0.3 is 0 Å². The highest BCUT2D eigenvalue weighted by atomic mass is 35.5. The molecule has 2 amide bonds. The molecule has 0 saturated heterocycles. The fourth-order valence-corrected chi connectivity index (χ4v) is 3.30. The van der Waals surface area contributed by atoms with Crippen molar-refractivity contribution < 1.29 is 19.1 Å². The van der Waals surface area contributed by atoms with Gasteiger partial charge in [-0.15, -0.1) is 0 Å². The van der Waals surface area contributed by atoms with Gasteiger partial charge in [0.1, 0.15) is 5.03 Å². The monoisotopic (exact) mass is 405 g/mol. The van der Waals surface area contributed by atoms with E-state index in [1.54, 1.807) is 30.3 Å². The average molecular weight is 406 g/mol. The van der Waals surface area contributed by atoms with Crippen LogP contribution in [0.5, 0.6) is 11.5 Å². The van der Waals surface area contributed by atoms with E-state index in [4.69, 9.17) is 32.7 Å². The van der Waals surface area contributed by atoms with E-state index in [-0.39, 0.29) is 17.2 Å². The number of carbonyl (C=O) groups excluding carboxylic acids is 2. The van der Waals surface area contributed by atoms with Gasteiger partial charge in [0, 0.05) is 11.6 Å². The van der Waals surface area contributed by atoms with E-state index in [0.717, 1.165) is 10.5 Å².